The molecule has 0 heterocycles. The molecular formula is C24H25NO3S2. The van der Waals surface area contributed by atoms with Crippen molar-refractivity contribution < 1.29 is 13.2 Å². The summed E-state index contributed by atoms with van der Waals surface area (Å²) < 4.78 is 25.1. The summed E-state index contributed by atoms with van der Waals surface area (Å²) in [5.74, 6) is 0.341. The average Bonchev–Trinajstić information content (AvgIpc) is 2.73. The number of carbonyl (C=O) groups is 1. The van der Waals surface area contributed by atoms with Gasteiger partial charge < -0.3 is 5.32 Å². The summed E-state index contributed by atoms with van der Waals surface area (Å²) in [6.07, 6.45) is 0. The predicted octanol–water partition coefficient (Wildman–Crippen LogP) is 5.17. The van der Waals surface area contributed by atoms with Crippen LogP contribution in [0.3, 0.4) is 0 Å². The molecule has 0 spiro atoms. The minimum atomic E-state index is -3.30. The molecular weight excluding hydrogens is 414 g/mol. The highest BCUT2D eigenvalue weighted by Crippen LogP contribution is 2.22. The number of nitrogens with one attached hydrogen (secondary N) is 1. The fourth-order valence-corrected chi connectivity index (χ4v) is 5.38. The molecule has 0 aliphatic rings. The topological polar surface area (TPSA) is 63.2 Å². The number of rotatable bonds is 9. The van der Waals surface area contributed by atoms with E-state index < -0.39 is 9.84 Å². The van der Waals surface area contributed by atoms with Crippen LogP contribution in [0, 0.1) is 5.92 Å². The first-order valence-corrected chi connectivity index (χ1v) is 12.5. The van der Waals surface area contributed by atoms with Crippen LogP contribution >= 0.6 is 11.8 Å². The molecule has 0 radical (unpaired) electrons. The highest BCUT2D eigenvalue weighted by atomic mass is 32.2. The van der Waals surface area contributed by atoms with Crippen molar-refractivity contribution in [3.8, 4) is 0 Å². The van der Waals surface area contributed by atoms with Crippen LogP contribution in [0.2, 0.25) is 0 Å². The van der Waals surface area contributed by atoms with E-state index in [9.17, 15) is 13.2 Å². The first-order chi connectivity index (χ1) is 14.4. The Balaban J connectivity index is 1.57. The molecule has 1 N–H and O–H groups in total. The van der Waals surface area contributed by atoms with Crippen molar-refractivity contribution in [3.05, 3.63) is 96.1 Å². The monoisotopic (exact) mass is 439 g/mol. The van der Waals surface area contributed by atoms with Gasteiger partial charge in [0.05, 0.1) is 11.5 Å². The summed E-state index contributed by atoms with van der Waals surface area (Å²) in [4.78, 5) is 13.7. The zero-order chi connectivity index (χ0) is 21.4. The minimum absolute atomic E-state index is 0.00182. The number of hydrogen-bond acceptors (Lipinski definition) is 4. The summed E-state index contributed by atoms with van der Waals surface area (Å²) in [6, 6.07) is 26.2. The zero-order valence-electron chi connectivity index (χ0n) is 16.8. The second kappa shape index (κ2) is 10.5. The quantitative estimate of drug-likeness (QED) is 0.467. The van der Waals surface area contributed by atoms with E-state index in [1.807, 2.05) is 67.6 Å². The zero-order valence-corrected chi connectivity index (χ0v) is 18.5. The van der Waals surface area contributed by atoms with Gasteiger partial charge in [-0.25, -0.2) is 8.42 Å². The van der Waals surface area contributed by atoms with Gasteiger partial charge in [0.1, 0.15) is 0 Å². The molecule has 0 aliphatic carbocycles. The van der Waals surface area contributed by atoms with Crippen molar-refractivity contribution in [2.75, 3.05) is 11.1 Å². The van der Waals surface area contributed by atoms with Gasteiger partial charge in [-0.05, 0) is 35.4 Å². The number of carbonyl (C=O) groups excluding carboxylic acids is 1. The molecule has 30 heavy (non-hydrogen) atoms. The first-order valence-electron chi connectivity index (χ1n) is 9.73. The van der Waals surface area contributed by atoms with E-state index in [4.69, 9.17) is 0 Å². The molecule has 0 fully saturated rings. The van der Waals surface area contributed by atoms with Crippen LogP contribution in [0.15, 0.2) is 89.8 Å². The van der Waals surface area contributed by atoms with Gasteiger partial charge in [-0.3, -0.25) is 4.79 Å². The second-order valence-electron chi connectivity index (χ2n) is 7.23. The van der Waals surface area contributed by atoms with E-state index in [2.05, 4.69) is 5.32 Å². The summed E-state index contributed by atoms with van der Waals surface area (Å²) in [5.41, 5.74) is 2.05. The predicted molar refractivity (Wildman–Crippen MR) is 124 cm³/mol. The largest absolute Gasteiger partial charge is 0.326 e. The Hall–Kier alpha value is -2.57. The van der Waals surface area contributed by atoms with Gasteiger partial charge in [-0.15, -0.1) is 11.8 Å². The number of sulfone groups is 1. The molecule has 156 valence electrons. The Morgan fingerprint density at radius 3 is 2.17 bits per heavy atom. The van der Waals surface area contributed by atoms with E-state index in [1.165, 1.54) is 0 Å². The van der Waals surface area contributed by atoms with E-state index >= 15 is 0 Å². The Kier molecular flexibility index (Phi) is 7.71. The number of thioether (sulfide) groups is 1. The number of hydrogen-bond donors (Lipinski definition) is 1. The van der Waals surface area contributed by atoms with Gasteiger partial charge in [-0.2, -0.15) is 0 Å². The van der Waals surface area contributed by atoms with E-state index in [0.29, 0.717) is 17.0 Å². The number of anilines is 1. The van der Waals surface area contributed by atoms with Gasteiger partial charge in [0, 0.05) is 22.3 Å². The fourth-order valence-electron chi connectivity index (χ4n) is 2.95. The summed E-state index contributed by atoms with van der Waals surface area (Å²) in [7, 11) is -3.30. The van der Waals surface area contributed by atoms with Gasteiger partial charge in [0.2, 0.25) is 5.91 Å². The second-order valence-corrected chi connectivity index (χ2v) is 10.4. The lowest BCUT2D eigenvalue weighted by Gasteiger charge is -2.13. The van der Waals surface area contributed by atoms with E-state index in [0.717, 1.165) is 10.5 Å². The molecule has 0 saturated carbocycles. The summed E-state index contributed by atoms with van der Waals surface area (Å²) in [5, 5.41) is 2.91. The molecule has 1 amide bonds. The molecule has 3 aromatic carbocycles. The third kappa shape index (κ3) is 7.04. The van der Waals surface area contributed by atoms with Crippen LogP contribution in [0.5, 0.6) is 0 Å². The van der Waals surface area contributed by atoms with Crippen LogP contribution in [0.1, 0.15) is 18.1 Å². The van der Waals surface area contributed by atoms with Crippen molar-refractivity contribution in [2.45, 2.75) is 23.3 Å². The van der Waals surface area contributed by atoms with Crippen LogP contribution in [0.25, 0.3) is 0 Å². The molecule has 3 aromatic rings. The van der Waals surface area contributed by atoms with E-state index in [1.54, 1.807) is 36.0 Å². The van der Waals surface area contributed by atoms with Gasteiger partial charge in [0.25, 0.3) is 0 Å². The van der Waals surface area contributed by atoms with Crippen molar-refractivity contribution in [2.24, 2.45) is 5.92 Å². The Morgan fingerprint density at radius 1 is 0.867 bits per heavy atom. The van der Waals surface area contributed by atoms with Crippen LogP contribution in [-0.4, -0.2) is 20.1 Å². The van der Waals surface area contributed by atoms with Crippen molar-refractivity contribution in [1.29, 1.82) is 0 Å². The molecule has 0 bridgehead atoms. The fraction of sp³-hybridized carbons (Fsp3) is 0.208. The standard InChI is InChI=1S/C24H25NO3S2/c1-19(16-29-23-13-6-3-7-14-23)24(26)25-22-12-8-11-21(15-22)18-30(27,28)17-20-9-4-2-5-10-20/h2-15,19H,16-18H2,1H3,(H,25,26). The Morgan fingerprint density at radius 2 is 1.47 bits per heavy atom. The van der Waals surface area contributed by atoms with Crippen molar-refractivity contribution >= 4 is 33.2 Å². The van der Waals surface area contributed by atoms with Crippen LogP contribution < -0.4 is 5.32 Å². The average molecular weight is 440 g/mol. The normalized spacial score (nSPS) is 12.3. The molecule has 1 atom stereocenters. The lowest BCUT2D eigenvalue weighted by atomic mass is 10.2. The van der Waals surface area contributed by atoms with E-state index in [-0.39, 0.29) is 23.3 Å². The maximum atomic E-state index is 12.5. The van der Waals surface area contributed by atoms with Gasteiger partial charge in [-0.1, -0.05) is 67.6 Å². The van der Waals surface area contributed by atoms with Crippen LogP contribution in [0.4, 0.5) is 5.69 Å². The highest BCUT2D eigenvalue weighted by molar-refractivity contribution is 7.99. The first kappa shape index (κ1) is 22.1. The smallest absolute Gasteiger partial charge is 0.228 e. The molecule has 0 aliphatic heterocycles. The third-order valence-electron chi connectivity index (χ3n) is 4.50. The molecule has 3 rings (SSSR count). The third-order valence-corrected chi connectivity index (χ3v) is 7.32. The summed E-state index contributed by atoms with van der Waals surface area (Å²) >= 11 is 1.64. The molecule has 6 heteroatoms. The van der Waals surface area contributed by atoms with Crippen LogP contribution in [-0.2, 0) is 26.1 Å². The summed E-state index contributed by atoms with van der Waals surface area (Å²) in [6.45, 7) is 1.89. The Bertz CT molecular complexity index is 1070. The number of amides is 1. The number of benzene rings is 3. The Labute approximate surface area is 182 Å². The van der Waals surface area contributed by atoms with Crippen molar-refractivity contribution in [3.63, 3.8) is 0 Å². The lowest BCUT2D eigenvalue weighted by Crippen LogP contribution is -2.22. The maximum Gasteiger partial charge on any atom is 0.228 e. The van der Waals surface area contributed by atoms with Gasteiger partial charge in [0.15, 0.2) is 9.84 Å². The lowest BCUT2D eigenvalue weighted by molar-refractivity contribution is -0.118. The molecule has 0 saturated heterocycles. The molecule has 1 unspecified atom stereocenters. The SMILES string of the molecule is CC(CSc1ccccc1)C(=O)Nc1cccc(CS(=O)(=O)Cc2ccccc2)c1. The maximum absolute atomic E-state index is 12.5. The van der Waals surface area contributed by atoms with Gasteiger partial charge >= 0.3 is 0 Å². The van der Waals surface area contributed by atoms with Crippen molar-refractivity contribution in [1.82, 2.24) is 0 Å². The highest BCUT2D eigenvalue weighted by Gasteiger charge is 2.16. The molecule has 0 aromatic heterocycles. The molecule has 4 nitrogen and oxygen atoms in total. The minimum Gasteiger partial charge on any atom is -0.326 e.